The van der Waals surface area contributed by atoms with E-state index in [1.807, 2.05) is 11.8 Å². The number of fused-ring (bicyclic) bond motifs is 1. The molecule has 1 aliphatic rings. The summed E-state index contributed by atoms with van der Waals surface area (Å²) in [5, 5.41) is 0.416. The summed E-state index contributed by atoms with van der Waals surface area (Å²) in [7, 11) is -5.77. The van der Waals surface area contributed by atoms with Crippen LogP contribution in [0.5, 0.6) is 5.75 Å². The first kappa shape index (κ1) is 23.9. The second-order valence-corrected chi connectivity index (χ2v) is 10.0. The molecule has 1 aromatic heterocycles. The van der Waals surface area contributed by atoms with Crippen LogP contribution in [0.25, 0.3) is 10.9 Å². The first-order valence-electron chi connectivity index (χ1n) is 9.81. The highest BCUT2D eigenvalue weighted by atomic mass is 32.2. The molecule has 2 heterocycles. The Morgan fingerprint density at radius 1 is 1.16 bits per heavy atom. The molecule has 1 fully saturated rings. The van der Waals surface area contributed by atoms with Gasteiger partial charge in [-0.05, 0) is 52.0 Å². The van der Waals surface area contributed by atoms with Crippen molar-refractivity contribution in [3.63, 3.8) is 0 Å². The van der Waals surface area contributed by atoms with Crippen LogP contribution in [0.15, 0.2) is 30.5 Å². The molecular formula is C20H24F3N3O5S. The van der Waals surface area contributed by atoms with Gasteiger partial charge in [-0.3, -0.25) is 4.98 Å². The van der Waals surface area contributed by atoms with E-state index in [-0.39, 0.29) is 6.04 Å². The number of piperazine rings is 1. The maximum absolute atomic E-state index is 12.6. The standard InChI is InChI=1S/C20H24F3N3O5S/c1-13-12-25(18(27)30-19(2,3)4)7-8-26(13)15-9-14-10-16(5-6-17(14)24-11-15)31-32(28,29)20(21,22)23/h5-6,9-11,13H,7-8,12H2,1-4H3/t13-/m0/s1. The molecule has 0 unspecified atom stereocenters. The van der Waals surface area contributed by atoms with Crippen LogP contribution in [0, 0.1) is 0 Å². The van der Waals surface area contributed by atoms with E-state index in [2.05, 4.69) is 9.17 Å². The molecule has 3 rings (SSSR count). The zero-order valence-corrected chi connectivity index (χ0v) is 18.8. The molecule has 2 aromatic rings. The number of anilines is 1. The third-order valence-electron chi connectivity index (χ3n) is 4.74. The summed E-state index contributed by atoms with van der Waals surface area (Å²) in [6, 6.07) is 5.29. The lowest BCUT2D eigenvalue weighted by atomic mass is 10.1. The van der Waals surface area contributed by atoms with Crippen LogP contribution in [0.2, 0.25) is 0 Å². The molecule has 32 heavy (non-hydrogen) atoms. The van der Waals surface area contributed by atoms with Crippen molar-refractivity contribution >= 4 is 32.8 Å². The Labute approximate surface area is 184 Å². The average Bonchev–Trinajstić information content (AvgIpc) is 2.64. The van der Waals surface area contributed by atoms with Gasteiger partial charge in [0.1, 0.15) is 11.4 Å². The predicted octanol–water partition coefficient (Wildman–Crippen LogP) is 3.91. The fourth-order valence-electron chi connectivity index (χ4n) is 3.31. The lowest BCUT2D eigenvalue weighted by Crippen LogP contribution is -2.54. The molecule has 176 valence electrons. The van der Waals surface area contributed by atoms with Crippen molar-refractivity contribution in [1.29, 1.82) is 0 Å². The summed E-state index contributed by atoms with van der Waals surface area (Å²) in [5.41, 5.74) is -4.97. The Morgan fingerprint density at radius 2 is 1.84 bits per heavy atom. The second kappa shape index (κ2) is 8.30. The molecule has 8 nitrogen and oxygen atoms in total. The molecule has 0 N–H and O–H groups in total. The molecule has 1 atom stereocenters. The third kappa shape index (κ3) is 5.34. The molecular weight excluding hydrogens is 451 g/mol. The monoisotopic (exact) mass is 475 g/mol. The minimum Gasteiger partial charge on any atom is -0.444 e. The third-order valence-corrected chi connectivity index (χ3v) is 5.72. The summed E-state index contributed by atoms with van der Waals surface area (Å²) >= 11 is 0. The van der Waals surface area contributed by atoms with Crippen molar-refractivity contribution in [3.05, 3.63) is 30.5 Å². The molecule has 0 saturated carbocycles. The fraction of sp³-hybridized carbons (Fsp3) is 0.500. The number of rotatable bonds is 3. The van der Waals surface area contributed by atoms with E-state index in [1.54, 1.807) is 37.9 Å². The lowest BCUT2D eigenvalue weighted by molar-refractivity contribution is -0.0500. The van der Waals surface area contributed by atoms with E-state index >= 15 is 0 Å². The highest BCUT2D eigenvalue weighted by molar-refractivity contribution is 7.88. The smallest absolute Gasteiger partial charge is 0.444 e. The quantitative estimate of drug-likeness (QED) is 0.491. The molecule has 1 aliphatic heterocycles. The van der Waals surface area contributed by atoms with Gasteiger partial charge in [-0.25, -0.2) is 4.79 Å². The Hall–Kier alpha value is -2.76. The zero-order valence-electron chi connectivity index (χ0n) is 18.0. The number of hydrogen-bond acceptors (Lipinski definition) is 7. The van der Waals surface area contributed by atoms with Crippen molar-refractivity contribution < 1.29 is 35.3 Å². The predicted molar refractivity (Wildman–Crippen MR) is 112 cm³/mol. The molecule has 1 amide bonds. The van der Waals surface area contributed by atoms with Crippen molar-refractivity contribution in [2.24, 2.45) is 0 Å². The number of halogens is 3. The summed E-state index contributed by atoms with van der Waals surface area (Å²) < 4.78 is 70.0. The summed E-state index contributed by atoms with van der Waals surface area (Å²) in [6.07, 6.45) is 1.22. The second-order valence-electron chi connectivity index (χ2n) is 8.50. The Balaban J connectivity index is 1.79. The van der Waals surface area contributed by atoms with E-state index in [1.165, 1.54) is 12.1 Å². The number of ether oxygens (including phenoxy) is 1. The average molecular weight is 475 g/mol. The maximum atomic E-state index is 12.6. The molecule has 1 saturated heterocycles. The summed E-state index contributed by atoms with van der Waals surface area (Å²) in [4.78, 5) is 20.3. The largest absolute Gasteiger partial charge is 0.534 e. The van der Waals surface area contributed by atoms with Gasteiger partial charge < -0.3 is 18.7 Å². The first-order valence-corrected chi connectivity index (χ1v) is 11.2. The van der Waals surface area contributed by atoms with Gasteiger partial charge in [-0.15, -0.1) is 0 Å². The van der Waals surface area contributed by atoms with Crippen molar-refractivity contribution in [1.82, 2.24) is 9.88 Å². The summed E-state index contributed by atoms with van der Waals surface area (Å²) in [5.74, 6) is -0.462. The number of alkyl halides is 3. The van der Waals surface area contributed by atoms with Gasteiger partial charge in [0.2, 0.25) is 0 Å². The number of aromatic nitrogens is 1. The van der Waals surface area contributed by atoms with Gasteiger partial charge in [-0.1, -0.05) is 0 Å². The molecule has 0 radical (unpaired) electrons. The van der Waals surface area contributed by atoms with Crippen molar-refractivity contribution in [2.45, 2.75) is 44.8 Å². The molecule has 1 aromatic carbocycles. The van der Waals surface area contributed by atoms with E-state index in [4.69, 9.17) is 4.74 Å². The van der Waals surface area contributed by atoms with E-state index in [9.17, 15) is 26.4 Å². The SMILES string of the molecule is C[C@H]1CN(C(=O)OC(C)(C)C)CCN1c1cnc2ccc(OS(=O)(=O)C(F)(F)F)cc2c1. The number of hydrogen-bond donors (Lipinski definition) is 0. The van der Waals surface area contributed by atoms with Crippen LogP contribution in [-0.2, 0) is 14.9 Å². The van der Waals surface area contributed by atoms with Crippen LogP contribution in [0.1, 0.15) is 27.7 Å². The number of nitrogens with zero attached hydrogens (tertiary/aromatic N) is 3. The Kier molecular flexibility index (Phi) is 6.20. The van der Waals surface area contributed by atoms with Gasteiger partial charge in [0.05, 0.1) is 17.4 Å². The van der Waals surface area contributed by atoms with E-state index in [0.29, 0.717) is 36.2 Å². The number of amides is 1. The number of pyridine rings is 1. The molecule has 0 aliphatic carbocycles. The first-order chi connectivity index (χ1) is 14.7. The number of carbonyl (C=O) groups excluding carboxylic acids is 1. The molecule has 12 heteroatoms. The zero-order chi connectivity index (χ0) is 23.9. The highest BCUT2D eigenvalue weighted by Gasteiger charge is 2.48. The van der Waals surface area contributed by atoms with Crippen LogP contribution in [0.3, 0.4) is 0 Å². The minimum atomic E-state index is -5.77. The van der Waals surface area contributed by atoms with Gasteiger partial charge in [-0.2, -0.15) is 21.6 Å². The lowest BCUT2D eigenvalue weighted by Gasteiger charge is -2.41. The van der Waals surface area contributed by atoms with E-state index in [0.717, 1.165) is 6.07 Å². The van der Waals surface area contributed by atoms with Crippen molar-refractivity contribution in [3.8, 4) is 5.75 Å². The van der Waals surface area contributed by atoms with Crippen molar-refractivity contribution in [2.75, 3.05) is 24.5 Å². The Morgan fingerprint density at radius 3 is 2.44 bits per heavy atom. The topological polar surface area (TPSA) is 89.0 Å². The normalized spacial score (nSPS) is 18.0. The number of carbonyl (C=O) groups is 1. The number of benzene rings is 1. The fourth-order valence-corrected chi connectivity index (χ4v) is 3.77. The van der Waals surface area contributed by atoms with Gasteiger partial charge in [0.15, 0.2) is 0 Å². The van der Waals surface area contributed by atoms with Crippen LogP contribution < -0.4 is 9.08 Å². The maximum Gasteiger partial charge on any atom is 0.534 e. The van der Waals surface area contributed by atoms with E-state index < -0.39 is 33.1 Å². The summed E-state index contributed by atoms with van der Waals surface area (Å²) in [6.45, 7) is 8.64. The van der Waals surface area contributed by atoms with Gasteiger partial charge in [0, 0.05) is 31.1 Å². The molecule has 0 bridgehead atoms. The van der Waals surface area contributed by atoms with Gasteiger partial charge >= 0.3 is 21.7 Å². The van der Waals surface area contributed by atoms with Crippen LogP contribution in [0.4, 0.5) is 23.7 Å². The highest BCUT2D eigenvalue weighted by Crippen LogP contribution is 2.30. The van der Waals surface area contributed by atoms with Crippen LogP contribution >= 0.6 is 0 Å². The Bertz CT molecular complexity index is 1120. The molecule has 0 spiro atoms. The van der Waals surface area contributed by atoms with Gasteiger partial charge in [0.25, 0.3) is 0 Å². The van der Waals surface area contributed by atoms with Crippen LogP contribution in [-0.4, -0.2) is 61.2 Å². The minimum absolute atomic E-state index is 0.0828.